The molecule has 0 bridgehead atoms. The molecule has 6 nitrogen and oxygen atoms in total. The first-order valence-electron chi connectivity index (χ1n) is 9.35. The van der Waals surface area contributed by atoms with Crippen LogP contribution in [0.15, 0.2) is 47.4 Å². The summed E-state index contributed by atoms with van der Waals surface area (Å²) in [5, 5.41) is -0.278. The van der Waals surface area contributed by atoms with Gasteiger partial charge in [-0.1, -0.05) is 29.8 Å². The van der Waals surface area contributed by atoms with Crippen molar-refractivity contribution in [1.29, 1.82) is 0 Å². The molecule has 0 saturated carbocycles. The largest absolute Gasteiger partial charge is 0.489 e. The number of carbonyl (C=O) groups excluding carboxylic acids is 3. The highest BCUT2D eigenvalue weighted by Gasteiger charge is 2.36. The Kier molecular flexibility index (Phi) is 7.35. The first-order valence-corrected chi connectivity index (χ1v) is 10.5. The lowest BCUT2D eigenvalue weighted by Crippen LogP contribution is -2.35. The van der Waals surface area contributed by atoms with Gasteiger partial charge in [-0.25, -0.2) is 4.39 Å². The van der Waals surface area contributed by atoms with E-state index in [1.165, 1.54) is 18.2 Å². The second kappa shape index (κ2) is 9.98. The maximum Gasteiger partial charge on any atom is 0.326 e. The molecule has 1 fully saturated rings. The quantitative estimate of drug-likeness (QED) is 0.423. The molecule has 1 heterocycles. The SMILES string of the molecule is CC(C)OC(=O)CN1C(=O)S/C(=C\c2cccc(OCc3c(F)cccc3Cl)c2)C1=O. The normalized spacial score (nSPS) is 15.1. The third-order valence-electron chi connectivity index (χ3n) is 4.13. The summed E-state index contributed by atoms with van der Waals surface area (Å²) in [6, 6.07) is 11.1. The fourth-order valence-electron chi connectivity index (χ4n) is 2.74. The van der Waals surface area contributed by atoms with Gasteiger partial charge in [0.25, 0.3) is 11.1 Å². The molecule has 1 saturated heterocycles. The van der Waals surface area contributed by atoms with E-state index in [0.29, 0.717) is 11.3 Å². The van der Waals surface area contributed by atoms with E-state index in [4.69, 9.17) is 21.1 Å². The summed E-state index contributed by atoms with van der Waals surface area (Å²) in [4.78, 5) is 37.5. The molecule has 31 heavy (non-hydrogen) atoms. The van der Waals surface area contributed by atoms with Crippen molar-refractivity contribution >= 4 is 46.6 Å². The van der Waals surface area contributed by atoms with Crippen molar-refractivity contribution in [3.05, 3.63) is 69.3 Å². The second-order valence-corrected chi connectivity index (χ2v) is 8.27. The van der Waals surface area contributed by atoms with E-state index in [-0.39, 0.29) is 28.2 Å². The molecular weight excluding hydrogens is 445 g/mol. The van der Waals surface area contributed by atoms with E-state index >= 15 is 0 Å². The highest BCUT2D eigenvalue weighted by molar-refractivity contribution is 8.18. The van der Waals surface area contributed by atoms with Crippen LogP contribution in [-0.4, -0.2) is 34.7 Å². The molecule has 162 valence electrons. The van der Waals surface area contributed by atoms with Gasteiger partial charge in [-0.05, 0) is 61.5 Å². The number of hydrogen-bond donors (Lipinski definition) is 0. The third-order valence-corrected chi connectivity index (χ3v) is 5.39. The van der Waals surface area contributed by atoms with E-state index in [0.717, 1.165) is 16.7 Å². The molecule has 2 amide bonds. The second-order valence-electron chi connectivity index (χ2n) is 6.87. The van der Waals surface area contributed by atoms with Crippen molar-refractivity contribution in [2.75, 3.05) is 6.54 Å². The lowest BCUT2D eigenvalue weighted by molar-refractivity contribution is -0.149. The summed E-state index contributed by atoms with van der Waals surface area (Å²) in [6.45, 7) is 2.86. The van der Waals surface area contributed by atoms with Crippen molar-refractivity contribution in [2.24, 2.45) is 0 Å². The van der Waals surface area contributed by atoms with E-state index < -0.39 is 29.5 Å². The first-order chi connectivity index (χ1) is 14.7. The number of amides is 2. The number of nitrogens with zero attached hydrogens (tertiary/aromatic N) is 1. The number of imide groups is 1. The molecule has 0 unspecified atom stereocenters. The lowest BCUT2D eigenvalue weighted by atomic mass is 10.2. The number of rotatable bonds is 7. The Balaban J connectivity index is 1.70. The van der Waals surface area contributed by atoms with E-state index in [1.54, 1.807) is 44.2 Å². The van der Waals surface area contributed by atoms with Crippen LogP contribution >= 0.6 is 23.4 Å². The van der Waals surface area contributed by atoms with Crippen molar-refractivity contribution < 1.29 is 28.2 Å². The van der Waals surface area contributed by atoms with Crippen LogP contribution in [0.2, 0.25) is 5.02 Å². The number of benzene rings is 2. The van der Waals surface area contributed by atoms with Gasteiger partial charge in [0.15, 0.2) is 0 Å². The Hall–Kier alpha value is -2.84. The fourth-order valence-corrected chi connectivity index (χ4v) is 3.79. The summed E-state index contributed by atoms with van der Waals surface area (Å²) in [5.41, 5.74) is 0.844. The molecule has 2 aromatic rings. The number of carbonyl (C=O) groups is 3. The Labute approximate surface area is 188 Å². The van der Waals surface area contributed by atoms with Gasteiger partial charge in [-0.2, -0.15) is 0 Å². The molecule has 2 aromatic carbocycles. The zero-order valence-electron chi connectivity index (χ0n) is 16.8. The fraction of sp³-hybridized carbons (Fsp3) is 0.227. The average Bonchev–Trinajstić information content (AvgIpc) is 2.94. The minimum Gasteiger partial charge on any atom is -0.489 e. The molecule has 1 aliphatic heterocycles. The summed E-state index contributed by atoms with van der Waals surface area (Å²) >= 11 is 6.75. The number of ether oxygens (including phenoxy) is 2. The van der Waals surface area contributed by atoms with Crippen LogP contribution in [0, 0.1) is 5.82 Å². The van der Waals surface area contributed by atoms with Crippen LogP contribution in [0.25, 0.3) is 6.08 Å². The summed E-state index contributed by atoms with van der Waals surface area (Å²) in [6.07, 6.45) is 1.19. The highest BCUT2D eigenvalue weighted by atomic mass is 35.5. The van der Waals surface area contributed by atoms with Crippen molar-refractivity contribution in [1.82, 2.24) is 4.90 Å². The van der Waals surface area contributed by atoms with Gasteiger partial charge < -0.3 is 9.47 Å². The molecular formula is C22H19ClFNO5S. The molecule has 3 rings (SSSR count). The van der Waals surface area contributed by atoms with Gasteiger partial charge in [-0.15, -0.1) is 0 Å². The third kappa shape index (κ3) is 5.86. The van der Waals surface area contributed by atoms with E-state index in [2.05, 4.69) is 0 Å². The monoisotopic (exact) mass is 463 g/mol. The summed E-state index contributed by atoms with van der Waals surface area (Å²) < 4.78 is 24.5. The highest BCUT2D eigenvalue weighted by Crippen LogP contribution is 2.32. The molecule has 0 aromatic heterocycles. The van der Waals surface area contributed by atoms with Crippen LogP contribution in [0.3, 0.4) is 0 Å². The van der Waals surface area contributed by atoms with Gasteiger partial charge in [0, 0.05) is 5.56 Å². The van der Waals surface area contributed by atoms with Gasteiger partial charge in [0.1, 0.15) is 24.7 Å². The molecule has 0 spiro atoms. The Morgan fingerprint density at radius 1 is 1.23 bits per heavy atom. The Morgan fingerprint density at radius 2 is 1.97 bits per heavy atom. The van der Waals surface area contributed by atoms with Crippen LogP contribution < -0.4 is 4.74 Å². The lowest BCUT2D eigenvalue weighted by Gasteiger charge is -2.13. The van der Waals surface area contributed by atoms with Crippen LogP contribution in [0.1, 0.15) is 25.0 Å². The summed E-state index contributed by atoms with van der Waals surface area (Å²) in [5.74, 6) is -1.25. The molecule has 0 atom stereocenters. The number of hydrogen-bond acceptors (Lipinski definition) is 6. The number of thioether (sulfide) groups is 1. The van der Waals surface area contributed by atoms with Gasteiger partial charge in [-0.3, -0.25) is 19.3 Å². The topological polar surface area (TPSA) is 72.9 Å². The Bertz CT molecular complexity index is 1040. The minimum absolute atomic E-state index is 0.0660. The predicted molar refractivity (Wildman–Crippen MR) is 116 cm³/mol. The van der Waals surface area contributed by atoms with Crippen LogP contribution in [0.4, 0.5) is 9.18 Å². The molecule has 0 aliphatic carbocycles. The zero-order valence-corrected chi connectivity index (χ0v) is 18.3. The summed E-state index contributed by atoms with van der Waals surface area (Å²) in [7, 11) is 0. The molecule has 1 aliphatic rings. The maximum atomic E-state index is 13.9. The smallest absolute Gasteiger partial charge is 0.326 e. The standard InChI is InChI=1S/C22H19ClFNO5S/c1-13(2)30-20(26)11-25-21(27)19(31-22(25)28)10-14-5-3-6-15(9-14)29-12-16-17(23)7-4-8-18(16)24/h3-10,13H,11-12H2,1-2H3/b19-10-. The van der Waals surface area contributed by atoms with Gasteiger partial charge in [0.2, 0.25) is 0 Å². The molecule has 0 N–H and O–H groups in total. The minimum atomic E-state index is -0.652. The number of halogens is 2. The van der Waals surface area contributed by atoms with E-state index in [9.17, 15) is 18.8 Å². The van der Waals surface area contributed by atoms with Crippen molar-refractivity contribution in [3.8, 4) is 5.75 Å². The van der Waals surface area contributed by atoms with Gasteiger partial charge >= 0.3 is 5.97 Å². The van der Waals surface area contributed by atoms with Crippen molar-refractivity contribution in [2.45, 2.75) is 26.6 Å². The molecule has 9 heteroatoms. The van der Waals surface area contributed by atoms with Crippen LogP contribution in [0.5, 0.6) is 5.75 Å². The molecule has 0 radical (unpaired) electrons. The number of esters is 1. The van der Waals surface area contributed by atoms with Crippen molar-refractivity contribution in [3.63, 3.8) is 0 Å². The van der Waals surface area contributed by atoms with E-state index in [1.807, 2.05) is 0 Å². The van der Waals surface area contributed by atoms with Gasteiger partial charge in [0.05, 0.1) is 16.0 Å². The zero-order chi connectivity index (χ0) is 22.5. The van der Waals surface area contributed by atoms with Crippen LogP contribution in [-0.2, 0) is 20.9 Å². The first kappa shape index (κ1) is 22.8. The average molecular weight is 464 g/mol. The maximum absolute atomic E-state index is 13.9. The Morgan fingerprint density at radius 3 is 2.68 bits per heavy atom. The predicted octanol–water partition coefficient (Wildman–Crippen LogP) is 5.05.